The van der Waals surface area contributed by atoms with Crippen LogP contribution >= 0.6 is 11.3 Å². The Morgan fingerprint density at radius 3 is 2.49 bits per heavy atom. The number of anilines is 1. The van der Waals surface area contributed by atoms with Crippen molar-refractivity contribution < 1.29 is 19.4 Å². The van der Waals surface area contributed by atoms with Crippen molar-refractivity contribution in [3.8, 4) is 5.75 Å². The maximum absolute atomic E-state index is 13.4. The second-order valence-electron chi connectivity index (χ2n) is 8.33. The Bertz CT molecular complexity index is 1480. The fraction of sp³-hybridized carbons (Fsp3) is 0.185. The Balaban J connectivity index is 1.71. The van der Waals surface area contributed by atoms with E-state index in [2.05, 4.69) is 4.98 Å². The summed E-state index contributed by atoms with van der Waals surface area (Å²) in [5.41, 5.74) is 3.95. The molecule has 3 heterocycles. The Labute approximate surface area is 206 Å². The van der Waals surface area contributed by atoms with Crippen LogP contribution in [-0.4, -0.2) is 33.4 Å². The summed E-state index contributed by atoms with van der Waals surface area (Å²) in [6.07, 6.45) is 3.05. The lowest BCUT2D eigenvalue weighted by Gasteiger charge is -2.23. The molecular weight excluding hydrogens is 462 g/mol. The Hall–Kier alpha value is -4.04. The van der Waals surface area contributed by atoms with Crippen molar-refractivity contribution in [1.82, 2.24) is 9.97 Å². The van der Waals surface area contributed by atoms with E-state index in [-0.39, 0.29) is 11.3 Å². The summed E-state index contributed by atoms with van der Waals surface area (Å²) >= 11 is 1.35. The maximum Gasteiger partial charge on any atom is 0.301 e. The average molecular weight is 486 g/mol. The molecule has 4 aromatic rings. The van der Waals surface area contributed by atoms with Gasteiger partial charge >= 0.3 is 5.91 Å². The average Bonchev–Trinajstić information content (AvgIpc) is 3.39. The molecule has 1 saturated heterocycles. The number of ketones is 1. The van der Waals surface area contributed by atoms with Crippen LogP contribution in [0.5, 0.6) is 5.75 Å². The highest BCUT2D eigenvalue weighted by atomic mass is 32.1. The molecule has 2 aromatic carbocycles. The summed E-state index contributed by atoms with van der Waals surface area (Å²) in [7, 11) is 0. The van der Waals surface area contributed by atoms with E-state index < -0.39 is 17.7 Å². The molecule has 1 aliphatic heterocycles. The molecule has 8 heteroatoms. The standard InChI is InChI=1S/C27H23N3O4S/c1-4-34-19-7-5-17(6-8-19)23-21(24(31)18-9-11-28-12-10-18)25(32)26(33)30(23)27-29-22-16(3)13-15(2)14-20(22)35-27/h5-14,23,31H,4H2,1-3H3/b24-21+. The van der Waals surface area contributed by atoms with Crippen LogP contribution in [0.2, 0.25) is 0 Å². The van der Waals surface area contributed by atoms with Gasteiger partial charge in [0, 0.05) is 18.0 Å². The second kappa shape index (κ2) is 8.96. The van der Waals surface area contributed by atoms with E-state index >= 15 is 0 Å². The van der Waals surface area contributed by atoms with Crippen LogP contribution in [-0.2, 0) is 9.59 Å². The molecule has 1 aliphatic rings. The van der Waals surface area contributed by atoms with E-state index in [0.717, 1.165) is 21.3 Å². The van der Waals surface area contributed by atoms with Gasteiger partial charge in [0.2, 0.25) is 0 Å². The summed E-state index contributed by atoms with van der Waals surface area (Å²) in [6.45, 7) is 6.39. The van der Waals surface area contributed by atoms with Gasteiger partial charge < -0.3 is 9.84 Å². The number of nitrogens with zero attached hydrogens (tertiary/aromatic N) is 3. The molecule has 0 radical (unpaired) electrons. The summed E-state index contributed by atoms with van der Waals surface area (Å²) in [4.78, 5) is 36.8. The minimum absolute atomic E-state index is 0.0116. The largest absolute Gasteiger partial charge is 0.507 e. The number of aliphatic hydroxyl groups excluding tert-OH is 1. The molecular formula is C27H23N3O4S. The number of amides is 1. The van der Waals surface area contributed by atoms with E-state index in [1.807, 2.05) is 32.9 Å². The van der Waals surface area contributed by atoms with E-state index in [0.29, 0.717) is 28.6 Å². The first-order valence-corrected chi connectivity index (χ1v) is 12.0. The summed E-state index contributed by atoms with van der Waals surface area (Å²) in [6, 6.07) is 13.6. The van der Waals surface area contributed by atoms with Crippen molar-refractivity contribution in [1.29, 1.82) is 0 Å². The number of benzene rings is 2. The van der Waals surface area contributed by atoms with Gasteiger partial charge in [-0.3, -0.25) is 19.5 Å². The number of rotatable bonds is 5. The van der Waals surface area contributed by atoms with Gasteiger partial charge in [-0.1, -0.05) is 29.5 Å². The van der Waals surface area contributed by atoms with Gasteiger partial charge in [-0.2, -0.15) is 0 Å². The number of hydrogen-bond donors (Lipinski definition) is 1. The molecule has 0 aliphatic carbocycles. The topological polar surface area (TPSA) is 92.6 Å². The lowest BCUT2D eigenvalue weighted by molar-refractivity contribution is -0.132. The Morgan fingerprint density at radius 2 is 1.80 bits per heavy atom. The normalized spacial score (nSPS) is 17.3. The molecule has 0 spiro atoms. The fourth-order valence-corrected chi connectivity index (χ4v) is 5.55. The number of hydrogen-bond acceptors (Lipinski definition) is 7. The lowest BCUT2D eigenvalue weighted by atomic mass is 9.95. The van der Waals surface area contributed by atoms with Crippen LogP contribution < -0.4 is 9.64 Å². The van der Waals surface area contributed by atoms with Crippen molar-refractivity contribution in [3.05, 3.63) is 88.8 Å². The number of carbonyl (C=O) groups excluding carboxylic acids is 2. The monoisotopic (exact) mass is 485 g/mol. The van der Waals surface area contributed by atoms with E-state index in [4.69, 9.17) is 9.72 Å². The Morgan fingerprint density at radius 1 is 1.09 bits per heavy atom. The molecule has 1 atom stereocenters. The molecule has 0 bridgehead atoms. The highest BCUT2D eigenvalue weighted by molar-refractivity contribution is 7.22. The molecule has 5 rings (SSSR count). The number of aromatic nitrogens is 2. The van der Waals surface area contributed by atoms with Gasteiger partial charge in [-0.15, -0.1) is 0 Å². The summed E-state index contributed by atoms with van der Waals surface area (Å²) in [5, 5.41) is 11.6. The number of carbonyl (C=O) groups is 2. The highest BCUT2D eigenvalue weighted by Crippen LogP contribution is 2.44. The van der Waals surface area contributed by atoms with Crippen LogP contribution in [0.3, 0.4) is 0 Å². The maximum atomic E-state index is 13.4. The molecule has 1 amide bonds. The van der Waals surface area contributed by atoms with Gasteiger partial charge in [-0.25, -0.2) is 4.98 Å². The smallest absolute Gasteiger partial charge is 0.301 e. The fourth-order valence-electron chi connectivity index (χ4n) is 4.39. The number of thiazole rings is 1. The van der Waals surface area contributed by atoms with Crippen molar-refractivity contribution in [2.75, 3.05) is 11.5 Å². The number of ether oxygens (including phenoxy) is 1. The third-order valence-corrected chi connectivity index (χ3v) is 6.93. The van der Waals surface area contributed by atoms with Gasteiger partial charge in [0.1, 0.15) is 11.5 Å². The number of fused-ring (bicyclic) bond motifs is 1. The number of pyridine rings is 1. The molecule has 7 nitrogen and oxygen atoms in total. The zero-order valence-corrected chi connectivity index (χ0v) is 20.3. The molecule has 176 valence electrons. The van der Waals surface area contributed by atoms with Gasteiger partial charge in [-0.05, 0) is 67.8 Å². The predicted octanol–water partition coefficient (Wildman–Crippen LogP) is 5.33. The van der Waals surface area contributed by atoms with Crippen molar-refractivity contribution in [3.63, 3.8) is 0 Å². The van der Waals surface area contributed by atoms with Crippen LogP contribution in [0.1, 0.15) is 35.2 Å². The van der Waals surface area contributed by atoms with Gasteiger partial charge in [0.25, 0.3) is 5.78 Å². The van der Waals surface area contributed by atoms with Crippen LogP contribution in [0.25, 0.3) is 16.0 Å². The third-order valence-electron chi connectivity index (χ3n) is 5.93. The van der Waals surface area contributed by atoms with Crippen molar-refractivity contribution in [2.24, 2.45) is 0 Å². The highest BCUT2D eigenvalue weighted by Gasteiger charge is 2.48. The zero-order chi connectivity index (χ0) is 24.7. The van der Waals surface area contributed by atoms with Gasteiger partial charge in [0.15, 0.2) is 5.13 Å². The van der Waals surface area contributed by atoms with Crippen molar-refractivity contribution >= 4 is 44.1 Å². The zero-order valence-electron chi connectivity index (χ0n) is 19.5. The number of aliphatic hydroxyl groups is 1. The van der Waals surface area contributed by atoms with E-state index in [1.165, 1.54) is 28.6 Å². The minimum atomic E-state index is -0.846. The first kappa shape index (κ1) is 22.7. The molecule has 2 aromatic heterocycles. The van der Waals surface area contributed by atoms with Crippen LogP contribution in [0, 0.1) is 13.8 Å². The van der Waals surface area contributed by atoms with Gasteiger partial charge in [0.05, 0.1) is 28.4 Å². The SMILES string of the molecule is CCOc1ccc(C2/C(=C(\O)c3ccncc3)C(=O)C(=O)N2c2nc3c(C)cc(C)cc3s2)cc1. The molecule has 1 fully saturated rings. The minimum Gasteiger partial charge on any atom is -0.507 e. The second-order valence-corrected chi connectivity index (χ2v) is 9.34. The van der Waals surface area contributed by atoms with Crippen LogP contribution in [0.4, 0.5) is 5.13 Å². The first-order valence-electron chi connectivity index (χ1n) is 11.2. The number of Topliss-reactive ketones (excluding diaryl/α,β-unsaturated/α-hetero) is 1. The first-order chi connectivity index (χ1) is 16.9. The predicted molar refractivity (Wildman–Crippen MR) is 136 cm³/mol. The molecule has 0 saturated carbocycles. The molecule has 35 heavy (non-hydrogen) atoms. The number of aryl methyl sites for hydroxylation is 2. The summed E-state index contributed by atoms with van der Waals surface area (Å²) < 4.78 is 6.49. The summed E-state index contributed by atoms with van der Waals surface area (Å²) in [5.74, 6) is -1.06. The molecule has 1 unspecified atom stereocenters. The van der Waals surface area contributed by atoms with Crippen molar-refractivity contribution in [2.45, 2.75) is 26.8 Å². The molecule has 1 N–H and O–H groups in total. The Kier molecular flexibility index (Phi) is 5.82. The van der Waals surface area contributed by atoms with E-state index in [9.17, 15) is 14.7 Å². The lowest BCUT2D eigenvalue weighted by Crippen LogP contribution is -2.29. The quantitative estimate of drug-likeness (QED) is 0.233. The third kappa shape index (κ3) is 3.95. The van der Waals surface area contributed by atoms with Crippen LogP contribution in [0.15, 0.2) is 66.5 Å². The van der Waals surface area contributed by atoms with E-state index in [1.54, 1.807) is 36.4 Å².